The SMILES string of the molecule is CCOc1cccc(CCl)c1OC1CCCC(OC)C1. The zero-order chi connectivity index (χ0) is 14.4. The van der Waals surface area contributed by atoms with E-state index in [1.54, 1.807) is 7.11 Å². The Morgan fingerprint density at radius 3 is 2.75 bits per heavy atom. The number of hydrogen-bond donors (Lipinski definition) is 0. The number of rotatable bonds is 6. The van der Waals surface area contributed by atoms with Crippen LogP contribution in [-0.2, 0) is 10.6 Å². The van der Waals surface area contributed by atoms with Crippen LogP contribution in [0.5, 0.6) is 11.5 Å². The second-order valence-electron chi connectivity index (χ2n) is 5.08. The maximum absolute atomic E-state index is 6.20. The second kappa shape index (κ2) is 7.75. The Bertz CT molecular complexity index is 422. The van der Waals surface area contributed by atoms with Crippen LogP contribution in [-0.4, -0.2) is 25.9 Å². The van der Waals surface area contributed by atoms with E-state index in [0.717, 1.165) is 42.7 Å². The predicted molar refractivity (Wildman–Crippen MR) is 80.8 cm³/mol. The van der Waals surface area contributed by atoms with Gasteiger partial charge in [-0.2, -0.15) is 0 Å². The van der Waals surface area contributed by atoms with Crippen LogP contribution in [0.15, 0.2) is 18.2 Å². The van der Waals surface area contributed by atoms with Crippen molar-refractivity contribution in [2.45, 2.75) is 50.7 Å². The highest BCUT2D eigenvalue weighted by Gasteiger charge is 2.25. The first kappa shape index (κ1) is 15.5. The van der Waals surface area contributed by atoms with E-state index in [9.17, 15) is 0 Å². The minimum Gasteiger partial charge on any atom is -0.490 e. The van der Waals surface area contributed by atoms with Gasteiger partial charge in [-0.25, -0.2) is 0 Å². The molecule has 2 atom stereocenters. The van der Waals surface area contributed by atoms with Gasteiger partial charge in [0.15, 0.2) is 11.5 Å². The molecule has 4 heteroatoms. The van der Waals surface area contributed by atoms with E-state index >= 15 is 0 Å². The summed E-state index contributed by atoms with van der Waals surface area (Å²) in [6, 6.07) is 5.88. The first-order valence-electron chi connectivity index (χ1n) is 7.28. The van der Waals surface area contributed by atoms with Crippen LogP contribution >= 0.6 is 11.6 Å². The molecule has 1 fully saturated rings. The number of hydrogen-bond acceptors (Lipinski definition) is 3. The lowest BCUT2D eigenvalue weighted by Crippen LogP contribution is -2.29. The highest BCUT2D eigenvalue weighted by Crippen LogP contribution is 2.35. The average Bonchev–Trinajstić information content (AvgIpc) is 2.49. The summed E-state index contributed by atoms with van der Waals surface area (Å²) < 4.78 is 17.3. The van der Waals surface area contributed by atoms with Gasteiger partial charge in [-0.1, -0.05) is 12.1 Å². The van der Waals surface area contributed by atoms with Crippen molar-refractivity contribution >= 4 is 11.6 Å². The molecule has 0 bridgehead atoms. The van der Waals surface area contributed by atoms with Crippen LogP contribution in [0.4, 0.5) is 0 Å². The van der Waals surface area contributed by atoms with E-state index < -0.39 is 0 Å². The van der Waals surface area contributed by atoms with Crippen LogP contribution in [0.1, 0.15) is 38.2 Å². The Labute approximate surface area is 126 Å². The molecule has 0 radical (unpaired) electrons. The van der Waals surface area contributed by atoms with Crippen LogP contribution in [0.2, 0.25) is 0 Å². The number of alkyl halides is 1. The fourth-order valence-electron chi connectivity index (χ4n) is 2.66. The first-order chi connectivity index (χ1) is 9.78. The standard InChI is InChI=1S/C16H23ClO3/c1-3-19-15-9-4-6-12(11-17)16(15)20-14-8-5-7-13(10-14)18-2/h4,6,9,13-14H,3,5,7-8,10-11H2,1-2H3. The van der Waals surface area contributed by atoms with Crippen molar-refractivity contribution in [1.82, 2.24) is 0 Å². The number of ether oxygens (including phenoxy) is 3. The maximum atomic E-state index is 6.20. The van der Waals surface area contributed by atoms with E-state index in [2.05, 4.69) is 0 Å². The van der Waals surface area contributed by atoms with Gasteiger partial charge in [0.05, 0.1) is 18.6 Å². The smallest absolute Gasteiger partial charge is 0.165 e. The van der Waals surface area contributed by atoms with Gasteiger partial charge >= 0.3 is 0 Å². The molecule has 0 saturated heterocycles. The zero-order valence-corrected chi connectivity index (χ0v) is 13.0. The average molecular weight is 299 g/mol. The van der Waals surface area contributed by atoms with E-state index in [1.807, 2.05) is 25.1 Å². The molecule has 1 aliphatic carbocycles. The summed E-state index contributed by atoms with van der Waals surface area (Å²) in [6.45, 7) is 2.59. The monoisotopic (exact) mass is 298 g/mol. The molecule has 1 aromatic rings. The molecular weight excluding hydrogens is 276 g/mol. The summed E-state index contributed by atoms with van der Waals surface area (Å²) in [4.78, 5) is 0. The van der Waals surface area contributed by atoms with Crippen LogP contribution in [0.3, 0.4) is 0 Å². The van der Waals surface area contributed by atoms with Crippen LogP contribution in [0, 0.1) is 0 Å². The molecule has 1 aliphatic rings. The summed E-state index contributed by atoms with van der Waals surface area (Å²) in [5.41, 5.74) is 0.983. The topological polar surface area (TPSA) is 27.7 Å². The van der Waals surface area contributed by atoms with Gasteiger partial charge in [0.1, 0.15) is 6.10 Å². The normalized spacial score (nSPS) is 22.6. The quantitative estimate of drug-likeness (QED) is 0.738. The van der Waals surface area contributed by atoms with Gasteiger partial charge in [0.25, 0.3) is 0 Å². The molecule has 0 aromatic heterocycles. The Hall–Kier alpha value is -0.930. The summed E-state index contributed by atoms with van der Waals surface area (Å²) in [7, 11) is 1.77. The van der Waals surface area contributed by atoms with E-state index in [0.29, 0.717) is 18.6 Å². The van der Waals surface area contributed by atoms with E-state index in [1.165, 1.54) is 0 Å². The summed E-state index contributed by atoms with van der Waals surface area (Å²) >= 11 is 6.02. The molecule has 0 aliphatic heterocycles. The number of para-hydroxylation sites is 1. The highest BCUT2D eigenvalue weighted by atomic mass is 35.5. The molecule has 0 N–H and O–H groups in total. The minimum absolute atomic E-state index is 0.178. The molecule has 20 heavy (non-hydrogen) atoms. The molecule has 2 unspecified atom stereocenters. The molecule has 0 spiro atoms. The van der Waals surface area contributed by atoms with Crippen molar-refractivity contribution in [3.8, 4) is 11.5 Å². The summed E-state index contributed by atoms with van der Waals surface area (Å²) in [6.07, 6.45) is 4.72. The van der Waals surface area contributed by atoms with Crippen molar-refractivity contribution in [2.24, 2.45) is 0 Å². The number of benzene rings is 1. The molecule has 3 nitrogen and oxygen atoms in total. The molecule has 1 aromatic carbocycles. The number of halogens is 1. The van der Waals surface area contributed by atoms with Crippen molar-refractivity contribution in [3.63, 3.8) is 0 Å². The third kappa shape index (κ3) is 3.80. The lowest BCUT2D eigenvalue weighted by molar-refractivity contribution is 0.0197. The molecule has 0 heterocycles. The minimum atomic E-state index is 0.178. The lowest BCUT2D eigenvalue weighted by Gasteiger charge is -2.29. The van der Waals surface area contributed by atoms with Gasteiger partial charge in [-0.15, -0.1) is 11.6 Å². The molecule has 0 amide bonds. The van der Waals surface area contributed by atoms with E-state index in [4.69, 9.17) is 25.8 Å². The van der Waals surface area contributed by atoms with Crippen LogP contribution < -0.4 is 9.47 Å². The number of methoxy groups -OCH3 is 1. The fraction of sp³-hybridized carbons (Fsp3) is 0.625. The Balaban J connectivity index is 2.14. The van der Waals surface area contributed by atoms with Gasteiger partial charge in [-0.05, 0) is 32.3 Å². The molecule has 112 valence electrons. The Kier molecular flexibility index (Phi) is 5.99. The largest absolute Gasteiger partial charge is 0.490 e. The molecule has 1 saturated carbocycles. The van der Waals surface area contributed by atoms with Crippen LogP contribution in [0.25, 0.3) is 0 Å². The van der Waals surface area contributed by atoms with Gasteiger partial charge in [0, 0.05) is 19.1 Å². The summed E-state index contributed by atoms with van der Waals surface area (Å²) in [5, 5.41) is 0. The fourth-order valence-corrected chi connectivity index (χ4v) is 2.87. The van der Waals surface area contributed by atoms with E-state index in [-0.39, 0.29) is 6.10 Å². The third-order valence-corrected chi connectivity index (χ3v) is 3.99. The van der Waals surface area contributed by atoms with Gasteiger partial charge in [0.2, 0.25) is 0 Å². The Morgan fingerprint density at radius 2 is 2.05 bits per heavy atom. The molecule has 2 rings (SSSR count). The first-order valence-corrected chi connectivity index (χ1v) is 7.82. The predicted octanol–water partition coefficient (Wildman–Crippen LogP) is 4.16. The molecular formula is C16H23ClO3. The van der Waals surface area contributed by atoms with Crippen molar-refractivity contribution in [3.05, 3.63) is 23.8 Å². The highest BCUT2D eigenvalue weighted by molar-refractivity contribution is 6.17. The van der Waals surface area contributed by atoms with Crippen molar-refractivity contribution in [2.75, 3.05) is 13.7 Å². The third-order valence-electron chi connectivity index (χ3n) is 3.70. The zero-order valence-electron chi connectivity index (χ0n) is 12.2. The lowest BCUT2D eigenvalue weighted by atomic mass is 9.95. The Morgan fingerprint density at radius 1 is 1.25 bits per heavy atom. The van der Waals surface area contributed by atoms with Gasteiger partial charge in [-0.3, -0.25) is 0 Å². The second-order valence-corrected chi connectivity index (χ2v) is 5.34. The maximum Gasteiger partial charge on any atom is 0.165 e. The summed E-state index contributed by atoms with van der Waals surface area (Å²) in [5.74, 6) is 2.01. The van der Waals surface area contributed by atoms with Crippen molar-refractivity contribution < 1.29 is 14.2 Å². The van der Waals surface area contributed by atoms with Gasteiger partial charge < -0.3 is 14.2 Å². The van der Waals surface area contributed by atoms with Crippen molar-refractivity contribution in [1.29, 1.82) is 0 Å².